The van der Waals surface area contributed by atoms with Gasteiger partial charge >= 0.3 is 0 Å². The van der Waals surface area contributed by atoms with Gasteiger partial charge in [0, 0.05) is 16.3 Å². The monoisotopic (exact) mass is 327 g/mol. The molecule has 2 rings (SSSR count). The Morgan fingerprint density at radius 1 is 1.50 bits per heavy atom. The van der Waals surface area contributed by atoms with E-state index in [4.69, 9.17) is 0 Å². The fourth-order valence-electron chi connectivity index (χ4n) is 2.07. The van der Waals surface area contributed by atoms with Gasteiger partial charge in [-0.15, -0.1) is 11.3 Å². The molecule has 0 aromatic carbocycles. The first-order valence-corrected chi connectivity index (χ1v) is 7.64. The SMILES string of the molecule is CCn1ncc(Br)c1C(NC)c1cc(C)c(C)s1. The molecule has 3 nitrogen and oxygen atoms in total. The van der Waals surface area contributed by atoms with Crippen LogP contribution < -0.4 is 5.32 Å². The van der Waals surface area contributed by atoms with Crippen molar-refractivity contribution in [3.63, 3.8) is 0 Å². The lowest BCUT2D eigenvalue weighted by Gasteiger charge is -2.17. The van der Waals surface area contributed by atoms with E-state index >= 15 is 0 Å². The summed E-state index contributed by atoms with van der Waals surface area (Å²) in [6, 6.07) is 2.46. The topological polar surface area (TPSA) is 29.9 Å². The van der Waals surface area contributed by atoms with E-state index in [-0.39, 0.29) is 6.04 Å². The molecule has 5 heteroatoms. The lowest BCUT2D eigenvalue weighted by Crippen LogP contribution is -2.21. The number of halogens is 1. The second kappa shape index (κ2) is 5.55. The molecule has 0 fully saturated rings. The second-order valence-corrected chi connectivity index (χ2v) is 6.45. The molecule has 0 aliphatic carbocycles. The Hall–Kier alpha value is -0.650. The second-order valence-electron chi connectivity index (χ2n) is 4.30. The van der Waals surface area contributed by atoms with Crippen molar-refractivity contribution in [2.24, 2.45) is 0 Å². The summed E-state index contributed by atoms with van der Waals surface area (Å²) in [6.07, 6.45) is 1.87. The molecule has 0 aliphatic rings. The minimum absolute atomic E-state index is 0.194. The van der Waals surface area contributed by atoms with E-state index in [9.17, 15) is 0 Å². The lowest BCUT2D eigenvalue weighted by molar-refractivity contribution is 0.566. The van der Waals surface area contributed by atoms with Gasteiger partial charge in [-0.2, -0.15) is 5.10 Å². The number of aryl methyl sites for hydroxylation is 3. The number of hydrogen-bond acceptors (Lipinski definition) is 3. The maximum absolute atomic E-state index is 4.39. The molecule has 2 aromatic heterocycles. The highest BCUT2D eigenvalue weighted by molar-refractivity contribution is 9.10. The van der Waals surface area contributed by atoms with E-state index in [0.29, 0.717) is 0 Å². The molecular weight excluding hydrogens is 310 g/mol. The number of rotatable bonds is 4. The van der Waals surface area contributed by atoms with Gasteiger partial charge in [-0.1, -0.05) is 0 Å². The van der Waals surface area contributed by atoms with Crippen LogP contribution in [-0.2, 0) is 6.54 Å². The number of nitrogens with zero attached hydrogens (tertiary/aromatic N) is 2. The number of hydrogen-bond donors (Lipinski definition) is 1. The van der Waals surface area contributed by atoms with Crippen molar-refractivity contribution in [3.8, 4) is 0 Å². The molecule has 1 N–H and O–H groups in total. The summed E-state index contributed by atoms with van der Waals surface area (Å²) in [5.74, 6) is 0. The van der Waals surface area contributed by atoms with Crippen molar-refractivity contribution in [1.29, 1.82) is 0 Å². The third kappa shape index (κ3) is 2.39. The molecule has 1 atom stereocenters. The van der Waals surface area contributed by atoms with Crippen LogP contribution in [0.15, 0.2) is 16.7 Å². The molecule has 98 valence electrons. The predicted molar refractivity (Wildman–Crippen MR) is 80.3 cm³/mol. The van der Waals surface area contributed by atoms with Crippen LogP contribution in [0.4, 0.5) is 0 Å². The van der Waals surface area contributed by atoms with Crippen molar-refractivity contribution >= 4 is 27.3 Å². The van der Waals surface area contributed by atoms with Gasteiger partial charge in [0.1, 0.15) is 0 Å². The highest BCUT2D eigenvalue weighted by Gasteiger charge is 2.21. The molecular formula is C13H18BrN3S. The summed E-state index contributed by atoms with van der Waals surface area (Å²) in [5.41, 5.74) is 2.55. The predicted octanol–water partition coefficient (Wildman–Crippen LogP) is 3.65. The van der Waals surface area contributed by atoms with Gasteiger partial charge in [0.2, 0.25) is 0 Å². The maximum atomic E-state index is 4.39. The smallest absolute Gasteiger partial charge is 0.0851 e. The molecule has 2 aromatic rings. The fraction of sp³-hybridized carbons (Fsp3) is 0.462. The Balaban J connectivity index is 2.47. The zero-order valence-electron chi connectivity index (χ0n) is 11.1. The Morgan fingerprint density at radius 2 is 2.22 bits per heavy atom. The molecule has 0 radical (unpaired) electrons. The molecule has 0 aliphatic heterocycles. The van der Waals surface area contributed by atoms with Gasteiger partial charge in [0.05, 0.1) is 22.4 Å². The van der Waals surface area contributed by atoms with Crippen molar-refractivity contribution in [3.05, 3.63) is 37.7 Å². The van der Waals surface area contributed by atoms with E-state index < -0.39 is 0 Å². The van der Waals surface area contributed by atoms with Crippen molar-refractivity contribution < 1.29 is 0 Å². The van der Waals surface area contributed by atoms with Crippen LogP contribution >= 0.6 is 27.3 Å². The van der Waals surface area contributed by atoms with Crippen LogP contribution in [0.25, 0.3) is 0 Å². The third-order valence-electron chi connectivity index (χ3n) is 3.16. The van der Waals surface area contributed by atoms with E-state index in [2.05, 4.69) is 53.2 Å². The van der Waals surface area contributed by atoms with Gasteiger partial charge in [-0.25, -0.2) is 0 Å². The molecule has 0 amide bonds. The third-order valence-corrected chi connectivity index (χ3v) is 4.99. The van der Waals surface area contributed by atoms with Crippen LogP contribution in [0.5, 0.6) is 0 Å². The normalized spacial score (nSPS) is 12.9. The van der Waals surface area contributed by atoms with E-state index in [0.717, 1.165) is 11.0 Å². The zero-order valence-corrected chi connectivity index (χ0v) is 13.5. The minimum Gasteiger partial charge on any atom is -0.307 e. The van der Waals surface area contributed by atoms with Gasteiger partial charge in [0.25, 0.3) is 0 Å². The summed E-state index contributed by atoms with van der Waals surface area (Å²) in [6.45, 7) is 7.32. The minimum atomic E-state index is 0.194. The maximum Gasteiger partial charge on any atom is 0.0851 e. The molecule has 0 saturated carbocycles. The lowest BCUT2D eigenvalue weighted by atomic mass is 10.1. The van der Waals surface area contributed by atoms with Gasteiger partial charge in [0.15, 0.2) is 0 Å². The summed E-state index contributed by atoms with van der Waals surface area (Å²) < 4.78 is 3.10. The van der Waals surface area contributed by atoms with Gasteiger partial charge in [-0.05, 0) is 55.4 Å². The molecule has 1 unspecified atom stereocenters. The zero-order chi connectivity index (χ0) is 13.3. The van der Waals surface area contributed by atoms with Crippen LogP contribution in [0.1, 0.15) is 34.0 Å². The average Bonchev–Trinajstić information content (AvgIpc) is 2.86. The highest BCUT2D eigenvalue weighted by atomic mass is 79.9. The van der Waals surface area contributed by atoms with Gasteiger partial charge in [-0.3, -0.25) is 4.68 Å². The first kappa shape index (κ1) is 13.8. The van der Waals surface area contributed by atoms with Crippen molar-refractivity contribution in [2.75, 3.05) is 7.05 Å². The van der Waals surface area contributed by atoms with E-state index in [1.165, 1.54) is 21.0 Å². The van der Waals surface area contributed by atoms with Crippen LogP contribution in [0.2, 0.25) is 0 Å². The number of aromatic nitrogens is 2. The average molecular weight is 328 g/mol. The van der Waals surface area contributed by atoms with Crippen LogP contribution in [-0.4, -0.2) is 16.8 Å². The Kier molecular flexibility index (Phi) is 4.25. The summed E-state index contributed by atoms with van der Waals surface area (Å²) in [7, 11) is 1.99. The van der Waals surface area contributed by atoms with Crippen LogP contribution in [0.3, 0.4) is 0 Å². The summed E-state index contributed by atoms with van der Waals surface area (Å²) >= 11 is 5.45. The highest BCUT2D eigenvalue weighted by Crippen LogP contribution is 2.33. The van der Waals surface area contributed by atoms with E-state index in [1.54, 1.807) is 0 Å². The molecule has 0 spiro atoms. The summed E-state index contributed by atoms with van der Waals surface area (Å²) in [4.78, 5) is 2.72. The Morgan fingerprint density at radius 3 is 2.72 bits per heavy atom. The van der Waals surface area contributed by atoms with Gasteiger partial charge < -0.3 is 5.32 Å². The first-order chi connectivity index (χ1) is 8.58. The molecule has 0 saturated heterocycles. The Labute approximate surface area is 120 Å². The molecule has 0 bridgehead atoms. The van der Waals surface area contributed by atoms with Crippen LogP contribution in [0, 0.1) is 13.8 Å². The van der Waals surface area contributed by atoms with Crippen molar-refractivity contribution in [2.45, 2.75) is 33.4 Å². The molecule has 18 heavy (non-hydrogen) atoms. The fourth-order valence-corrected chi connectivity index (χ4v) is 3.75. The largest absolute Gasteiger partial charge is 0.307 e. The quantitative estimate of drug-likeness (QED) is 0.928. The van der Waals surface area contributed by atoms with Crippen molar-refractivity contribution in [1.82, 2.24) is 15.1 Å². The molecule has 2 heterocycles. The number of nitrogens with one attached hydrogen (secondary N) is 1. The standard InChI is InChI=1S/C13H18BrN3S/c1-5-17-13(10(14)7-16-17)12(15-4)11-6-8(2)9(3)18-11/h6-7,12,15H,5H2,1-4H3. The Bertz CT molecular complexity index is 525. The number of thiophene rings is 1. The summed E-state index contributed by atoms with van der Waals surface area (Å²) in [5, 5.41) is 7.79. The van der Waals surface area contributed by atoms with E-state index in [1.807, 2.05) is 29.3 Å². The first-order valence-electron chi connectivity index (χ1n) is 6.03.